The number of hydrogen-bond acceptors (Lipinski definition) is 6. The van der Waals surface area contributed by atoms with Crippen LogP contribution in [0.15, 0.2) is 48.7 Å². The van der Waals surface area contributed by atoms with Gasteiger partial charge in [0.1, 0.15) is 25.3 Å². The number of aromatic amines is 1. The number of para-hydroxylation sites is 2. The third-order valence-corrected chi connectivity index (χ3v) is 9.40. The molecule has 2 fully saturated rings. The topological polar surface area (TPSA) is 142 Å². The molecule has 3 aliphatic heterocycles. The van der Waals surface area contributed by atoms with Crippen LogP contribution in [-0.4, -0.2) is 77.4 Å². The Labute approximate surface area is 268 Å². The summed E-state index contributed by atoms with van der Waals surface area (Å²) in [5.41, 5.74) is 2.17. The maximum Gasteiger partial charge on any atom is 0.255 e. The minimum atomic E-state index is -0.892. The molecule has 0 radical (unpaired) electrons. The summed E-state index contributed by atoms with van der Waals surface area (Å²) in [6.45, 7) is 7.01. The van der Waals surface area contributed by atoms with Gasteiger partial charge >= 0.3 is 0 Å². The first-order valence-corrected chi connectivity index (χ1v) is 16.3. The van der Waals surface area contributed by atoms with Crippen molar-refractivity contribution < 1.29 is 28.7 Å². The summed E-state index contributed by atoms with van der Waals surface area (Å²) in [7, 11) is 0. The van der Waals surface area contributed by atoms with E-state index in [1.165, 1.54) is 0 Å². The second-order valence-electron chi connectivity index (χ2n) is 13.2. The first-order valence-electron chi connectivity index (χ1n) is 16.3. The Morgan fingerprint density at radius 3 is 2.65 bits per heavy atom. The van der Waals surface area contributed by atoms with Crippen molar-refractivity contribution in [3.05, 3.63) is 59.8 Å². The van der Waals surface area contributed by atoms with Crippen molar-refractivity contribution in [3.63, 3.8) is 0 Å². The van der Waals surface area contributed by atoms with Gasteiger partial charge in [0.15, 0.2) is 11.5 Å². The normalized spacial score (nSPS) is 25.6. The Morgan fingerprint density at radius 2 is 1.83 bits per heavy atom. The van der Waals surface area contributed by atoms with Crippen LogP contribution in [-0.2, 0) is 20.8 Å². The monoisotopic (exact) mass is 629 g/mol. The minimum absolute atomic E-state index is 0.0836. The summed E-state index contributed by atoms with van der Waals surface area (Å²) in [4.78, 5) is 60.1. The molecular weight excluding hydrogens is 586 g/mol. The number of fused-ring (bicyclic) bond motifs is 3. The summed E-state index contributed by atoms with van der Waals surface area (Å²) in [5, 5.41) is 10.3. The molecule has 3 aliphatic rings. The predicted octanol–water partition coefficient (Wildman–Crippen LogP) is 3.33. The van der Waals surface area contributed by atoms with Crippen LogP contribution in [0.5, 0.6) is 11.5 Å². The largest absolute Gasteiger partial charge is 0.486 e. The Bertz CT molecular complexity index is 1620. The molecule has 244 valence electrons. The number of H-pyrrole nitrogens is 1. The van der Waals surface area contributed by atoms with E-state index in [1.807, 2.05) is 37.4 Å². The van der Waals surface area contributed by atoms with Gasteiger partial charge in [-0.1, -0.05) is 45.0 Å². The van der Waals surface area contributed by atoms with Gasteiger partial charge in [-0.2, -0.15) is 0 Å². The van der Waals surface area contributed by atoms with Crippen LogP contribution >= 0.6 is 0 Å². The lowest BCUT2D eigenvalue weighted by molar-refractivity contribution is -0.141. The zero-order valence-corrected chi connectivity index (χ0v) is 26.6. The van der Waals surface area contributed by atoms with Gasteiger partial charge in [0.25, 0.3) is 5.91 Å². The Kier molecular flexibility index (Phi) is 9.19. The molecule has 4 heterocycles. The second kappa shape index (κ2) is 13.4. The van der Waals surface area contributed by atoms with Gasteiger partial charge in [-0.05, 0) is 54.9 Å². The number of aromatic nitrogens is 1. The van der Waals surface area contributed by atoms with Crippen LogP contribution < -0.4 is 25.4 Å². The van der Waals surface area contributed by atoms with Gasteiger partial charge in [0, 0.05) is 48.6 Å². The smallest absolute Gasteiger partial charge is 0.255 e. The van der Waals surface area contributed by atoms with Crippen molar-refractivity contribution in [2.24, 2.45) is 11.8 Å². The molecule has 1 aromatic heterocycles. The molecule has 3 aromatic rings. The van der Waals surface area contributed by atoms with Gasteiger partial charge in [-0.25, -0.2) is 0 Å². The summed E-state index contributed by atoms with van der Waals surface area (Å²) < 4.78 is 11.4. The predicted molar refractivity (Wildman–Crippen MR) is 173 cm³/mol. The van der Waals surface area contributed by atoms with Crippen LogP contribution in [0, 0.1) is 11.8 Å². The summed E-state index contributed by atoms with van der Waals surface area (Å²) in [6, 6.07) is 10.7. The average Bonchev–Trinajstić information content (AvgIpc) is 3.65. The number of carbonyl (C=O) groups excluding carboxylic acids is 4. The molecule has 4 N–H and O–H groups in total. The van der Waals surface area contributed by atoms with E-state index in [0.29, 0.717) is 30.3 Å². The van der Waals surface area contributed by atoms with Crippen molar-refractivity contribution in [1.82, 2.24) is 25.8 Å². The van der Waals surface area contributed by atoms with Crippen molar-refractivity contribution in [1.29, 1.82) is 0 Å². The van der Waals surface area contributed by atoms with E-state index >= 15 is 0 Å². The number of ether oxygens (including phenoxy) is 2. The third kappa shape index (κ3) is 6.68. The zero-order chi connectivity index (χ0) is 32.4. The van der Waals surface area contributed by atoms with E-state index in [4.69, 9.17) is 9.47 Å². The molecule has 11 heteroatoms. The fourth-order valence-corrected chi connectivity index (χ4v) is 6.86. The Balaban J connectivity index is 1.30. The number of hydrogen-bond donors (Lipinski definition) is 4. The maximum absolute atomic E-state index is 14.4. The highest BCUT2D eigenvalue weighted by atomic mass is 16.6. The van der Waals surface area contributed by atoms with Gasteiger partial charge in [-0.3, -0.25) is 19.2 Å². The molecule has 2 aromatic carbocycles. The molecule has 46 heavy (non-hydrogen) atoms. The number of amides is 4. The summed E-state index contributed by atoms with van der Waals surface area (Å²) in [6.07, 6.45) is 4.13. The van der Waals surface area contributed by atoms with Gasteiger partial charge in [0.05, 0.1) is 5.56 Å². The Morgan fingerprint density at radius 1 is 1.02 bits per heavy atom. The standard InChI is InChI=1S/C35H43N5O6/c1-20(2)26-12-11-21(3)15-31(41)38-28(16-22-18-36-27-9-5-4-7-24(22)27)35(44)40-19-23(17-29(40)34(43)39-26)37-33(42)25-8-6-10-30-32(25)46-14-13-45-30/h4-10,18,20-21,23,26,28-29,36H,11-17,19H2,1-3H3,(H,37,42)(H,38,41)(H,39,43)/t21-,23-,26+,28-,29+/m1/s1. The Hall–Kier alpha value is -4.54. The second-order valence-corrected chi connectivity index (χ2v) is 13.2. The van der Waals surface area contributed by atoms with E-state index < -0.39 is 18.1 Å². The average molecular weight is 630 g/mol. The SMILES string of the molecule is CC(C)[C@@H]1CC[C@@H](C)CC(=O)N[C@H](Cc2c[nH]c3ccccc23)C(=O)N2C[C@H](NC(=O)c3cccc4c3OCCO4)C[C@H]2C(=O)N1. The number of rotatable bonds is 5. The molecule has 6 rings (SSSR count). The quantitative estimate of drug-likeness (QED) is 0.341. The van der Waals surface area contributed by atoms with E-state index in [0.717, 1.165) is 29.3 Å². The highest BCUT2D eigenvalue weighted by molar-refractivity contribution is 5.99. The first-order chi connectivity index (χ1) is 22.2. The lowest BCUT2D eigenvalue weighted by Gasteiger charge is -2.30. The lowest BCUT2D eigenvalue weighted by atomic mass is 9.92. The molecule has 0 bridgehead atoms. The highest BCUT2D eigenvalue weighted by Crippen LogP contribution is 2.34. The van der Waals surface area contributed by atoms with Gasteiger partial charge < -0.3 is 35.3 Å². The molecule has 2 saturated heterocycles. The van der Waals surface area contributed by atoms with Crippen LogP contribution in [0.4, 0.5) is 0 Å². The summed E-state index contributed by atoms with van der Waals surface area (Å²) in [5.74, 6) is -0.0198. The van der Waals surface area contributed by atoms with E-state index in [1.54, 1.807) is 23.1 Å². The molecule has 0 saturated carbocycles. The van der Waals surface area contributed by atoms with E-state index in [2.05, 4.69) is 34.8 Å². The number of nitrogens with zero attached hydrogens (tertiary/aromatic N) is 1. The van der Waals surface area contributed by atoms with Crippen molar-refractivity contribution in [2.45, 2.75) is 77.0 Å². The van der Waals surface area contributed by atoms with Crippen molar-refractivity contribution >= 4 is 34.5 Å². The van der Waals surface area contributed by atoms with Crippen molar-refractivity contribution in [2.75, 3.05) is 19.8 Å². The maximum atomic E-state index is 14.4. The molecule has 11 nitrogen and oxygen atoms in total. The first kappa shape index (κ1) is 31.4. The molecular formula is C35H43N5O6. The zero-order valence-electron chi connectivity index (χ0n) is 26.6. The lowest BCUT2D eigenvalue weighted by Crippen LogP contribution is -2.55. The van der Waals surface area contributed by atoms with Gasteiger partial charge in [0.2, 0.25) is 17.7 Å². The third-order valence-electron chi connectivity index (χ3n) is 9.40. The number of carbonyl (C=O) groups is 4. The van der Waals surface area contributed by atoms with Crippen molar-refractivity contribution in [3.8, 4) is 11.5 Å². The van der Waals surface area contributed by atoms with Crippen LogP contribution in [0.2, 0.25) is 0 Å². The molecule has 5 atom stereocenters. The van der Waals surface area contributed by atoms with Crippen LogP contribution in [0.3, 0.4) is 0 Å². The number of nitrogens with one attached hydrogen (secondary N) is 4. The van der Waals surface area contributed by atoms with E-state index in [9.17, 15) is 19.2 Å². The number of benzene rings is 2. The van der Waals surface area contributed by atoms with Crippen LogP contribution in [0.25, 0.3) is 10.9 Å². The van der Waals surface area contributed by atoms with Crippen LogP contribution in [0.1, 0.15) is 62.4 Å². The fourth-order valence-electron chi connectivity index (χ4n) is 6.86. The highest BCUT2D eigenvalue weighted by Gasteiger charge is 2.43. The van der Waals surface area contributed by atoms with E-state index in [-0.39, 0.29) is 67.3 Å². The summed E-state index contributed by atoms with van der Waals surface area (Å²) >= 11 is 0. The van der Waals surface area contributed by atoms with Gasteiger partial charge in [-0.15, -0.1) is 0 Å². The fraction of sp³-hybridized carbons (Fsp3) is 0.486. The molecule has 0 unspecified atom stereocenters. The molecule has 4 amide bonds. The molecule has 0 spiro atoms. The minimum Gasteiger partial charge on any atom is -0.486 e. The molecule has 0 aliphatic carbocycles.